The smallest absolute Gasteiger partial charge is 0.267 e. The van der Waals surface area contributed by atoms with Gasteiger partial charge in [0.25, 0.3) is 11.4 Å². The second kappa shape index (κ2) is 4.97. The van der Waals surface area contributed by atoms with Crippen LogP contribution < -0.4 is 0 Å². The molecule has 0 N–H and O–H groups in total. The molecular weight excluding hydrogens is 248 g/mol. The van der Waals surface area contributed by atoms with E-state index >= 15 is 0 Å². The van der Waals surface area contributed by atoms with E-state index in [1.54, 1.807) is 31.3 Å². The molecule has 1 aliphatic heterocycles. The van der Waals surface area contributed by atoms with Gasteiger partial charge in [0.05, 0.1) is 13.0 Å². The molecule has 0 aliphatic carbocycles. The maximum atomic E-state index is 11.9. The average molecular weight is 264 g/mol. The van der Waals surface area contributed by atoms with E-state index in [1.165, 1.54) is 12.0 Å². The molecule has 102 valence electrons. The summed E-state index contributed by atoms with van der Waals surface area (Å²) in [5.41, 5.74) is -0.702. The van der Waals surface area contributed by atoms with Gasteiger partial charge in [-0.15, -0.1) is 0 Å². The SMILES string of the molecule is CO[C@H]1C[C@](c2ccccc2)([N+](=O)[O-])CN(C)C1=O. The zero-order valence-electron chi connectivity index (χ0n) is 10.9. The van der Waals surface area contributed by atoms with Crippen molar-refractivity contribution in [1.29, 1.82) is 0 Å². The van der Waals surface area contributed by atoms with Crippen molar-refractivity contribution in [1.82, 2.24) is 4.90 Å². The lowest BCUT2D eigenvalue weighted by molar-refractivity contribution is -0.584. The van der Waals surface area contributed by atoms with E-state index in [0.717, 1.165) is 0 Å². The van der Waals surface area contributed by atoms with E-state index in [1.807, 2.05) is 6.07 Å². The van der Waals surface area contributed by atoms with Gasteiger partial charge in [0, 0.05) is 24.6 Å². The van der Waals surface area contributed by atoms with Crippen LogP contribution in [0.25, 0.3) is 0 Å². The molecule has 1 aromatic carbocycles. The van der Waals surface area contributed by atoms with Crippen LogP contribution in [-0.2, 0) is 15.1 Å². The van der Waals surface area contributed by atoms with Crippen LogP contribution in [0.5, 0.6) is 0 Å². The second-order valence-electron chi connectivity index (χ2n) is 4.78. The molecule has 1 heterocycles. The van der Waals surface area contributed by atoms with Gasteiger partial charge in [0.2, 0.25) is 0 Å². The number of rotatable bonds is 3. The van der Waals surface area contributed by atoms with Gasteiger partial charge in [-0.2, -0.15) is 0 Å². The molecule has 0 spiro atoms. The number of hydrogen-bond acceptors (Lipinski definition) is 4. The van der Waals surface area contributed by atoms with Gasteiger partial charge in [-0.3, -0.25) is 14.9 Å². The molecular formula is C13H16N2O4. The van der Waals surface area contributed by atoms with Crippen LogP contribution in [0.15, 0.2) is 30.3 Å². The number of likely N-dealkylation sites (tertiary alicyclic amines) is 1. The first-order valence-electron chi connectivity index (χ1n) is 5.99. The third-order valence-electron chi connectivity index (χ3n) is 3.62. The Balaban J connectivity index is 2.46. The van der Waals surface area contributed by atoms with Crippen molar-refractivity contribution in [2.75, 3.05) is 20.7 Å². The Morgan fingerprint density at radius 1 is 1.42 bits per heavy atom. The molecule has 1 aromatic rings. The maximum Gasteiger partial charge on any atom is 0.267 e. The van der Waals surface area contributed by atoms with Gasteiger partial charge in [-0.1, -0.05) is 30.3 Å². The van der Waals surface area contributed by atoms with Crippen LogP contribution in [-0.4, -0.2) is 42.5 Å². The van der Waals surface area contributed by atoms with Crippen LogP contribution in [0, 0.1) is 10.1 Å². The van der Waals surface area contributed by atoms with Crippen molar-refractivity contribution in [3.63, 3.8) is 0 Å². The average Bonchev–Trinajstić information content (AvgIpc) is 2.42. The fraction of sp³-hybridized carbons (Fsp3) is 0.462. The zero-order chi connectivity index (χ0) is 14.0. The highest BCUT2D eigenvalue weighted by Crippen LogP contribution is 2.35. The number of nitrogens with zero attached hydrogens (tertiary/aromatic N) is 2. The number of nitro groups is 1. The summed E-state index contributed by atoms with van der Waals surface area (Å²) in [6.45, 7) is 0.0582. The van der Waals surface area contributed by atoms with Gasteiger partial charge in [0.1, 0.15) is 6.10 Å². The molecule has 6 nitrogen and oxygen atoms in total. The van der Waals surface area contributed by atoms with Crippen molar-refractivity contribution in [2.24, 2.45) is 0 Å². The molecule has 2 atom stereocenters. The predicted molar refractivity (Wildman–Crippen MR) is 68.2 cm³/mol. The summed E-state index contributed by atoms with van der Waals surface area (Å²) in [6, 6.07) is 8.78. The number of benzene rings is 1. The molecule has 1 saturated heterocycles. The van der Waals surface area contributed by atoms with Crippen molar-refractivity contribution in [3.05, 3.63) is 46.0 Å². The number of methoxy groups -OCH3 is 1. The number of amides is 1. The quantitative estimate of drug-likeness (QED) is 0.604. The minimum absolute atomic E-state index is 0.0582. The molecule has 0 unspecified atom stereocenters. The summed E-state index contributed by atoms with van der Waals surface area (Å²) < 4.78 is 5.11. The lowest BCUT2D eigenvalue weighted by Crippen LogP contribution is -2.57. The van der Waals surface area contributed by atoms with Crippen molar-refractivity contribution >= 4 is 5.91 Å². The highest BCUT2D eigenvalue weighted by molar-refractivity contribution is 5.82. The first kappa shape index (κ1) is 13.5. The van der Waals surface area contributed by atoms with Crippen LogP contribution >= 0.6 is 0 Å². The Kier molecular flexibility index (Phi) is 3.53. The molecule has 19 heavy (non-hydrogen) atoms. The normalized spacial score (nSPS) is 27.4. The minimum atomic E-state index is -1.30. The standard InChI is InChI=1S/C13H16N2O4/c1-14-9-13(15(17)18,8-11(19-2)12(14)16)10-6-4-3-5-7-10/h3-7,11H,8-9H2,1-2H3/t11-,13-/m0/s1. The monoisotopic (exact) mass is 264 g/mol. The number of likely N-dealkylation sites (N-methyl/N-ethyl adjacent to an activating group) is 1. The van der Waals surface area contributed by atoms with Gasteiger partial charge in [-0.05, 0) is 0 Å². The fourth-order valence-corrected chi connectivity index (χ4v) is 2.55. The molecule has 1 fully saturated rings. The molecule has 0 aromatic heterocycles. The van der Waals surface area contributed by atoms with Crippen LogP contribution in [0.3, 0.4) is 0 Å². The Labute approximate surface area is 111 Å². The lowest BCUT2D eigenvalue weighted by atomic mass is 9.81. The van der Waals surface area contributed by atoms with Crippen LogP contribution in [0.4, 0.5) is 0 Å². The van der Waals surface area contributed by atoms with Crippen molar-refractivity contribution < 1.29 is 14.5 Å². The highest BCUT2D eigenvalue weighted by atomic mass is 16.6. The summed E-state index contributed by atoms with van der Waals surface area (Å²) in [6.07, 6.45) is -0.715. The number of hydrogen-bond donors (Lipinski definition) is 0. The zero-order valence-corrected chi connectivity index (χ0v) is 10.9. The Bertz CT molecular complexity index is 491. The molecule has 0 bridgehead atoms. The molecule has 0 radical (unpaired) electrons. The highest BCUT2D eigenvalue weighted by Gasteiger charge is 2.53. The Hall–Kier alpha value is -1.95. The molecule has 1 aliphatic rings. The summed E-state index contributed by atoms with van der Waals surface area (Å²) in [4.78, 5) is 24.5. The van der Waals surface area contributed by atoms with Gasteiger partial charge >= 0.3 is 0 Å². The van der Waals surface area contributed by atoms with Crippen LogP contribution in [0.2, 0.25) is 0 Å². The largest absolute Gasteiger partial charge is 0.371 e. The molecule has 6 heteroatoms. The number of ether oxygens (including phenoxy) is 1. The first-order valence-corrected chi connectivity index (χ1v) is 5.99. The summed E-state index contributed by atoms with van der Waals surface area (Å²) in [7, 11) is 2.96. The van der Waals surface area contributed by atoms with E-state index < -0.39 is 11.6 Å². The second-order valence-corrected chi connectivity index (χ2v) is 4.78. The third kappa shape index (κ3) is 2.19. The fourth-order valence-electron chi connectivity index (χ4n) is 2.55. The topological polar surface area (TPSA) is 72.7 Å². The van der Waals surface area contributed by atoms with E-state index in [-0.39, 0.29) is 23.8 Å². The van der Waals surface area contributed by atoms with E-state index in [4.69, 9.17) is 4.74 Å². The number of carbonyl (C=O) groups is 1. The first-order chi connectivity index (χ1) is 9.01. The van der Waals surface area contributed by atoms with E-state index in [9.17, 15) is 14.9 Å². The van der Waals surface area contributed by atoms with Gasteiger partial charge in [0.15, 0.2) is 0 Å². The van der Waals surface area contributed by atoms with Gasteiger partial charge in [-0.25, -0.2) is 0 Å². The van der Waals surface area contributed by atoms with Gasteiger partial charge < -0.3 is 9.64 Å². The number of piperidine rings is 1. The Morgan fingerprint density at radius 3 is 2.58 bits per heavy atom. The van der Waals surface area contributed by atoms with E-state index in [0.29, 0.717) is 5.56 Å². The molecule has 1 amide bonds. The summed E-state index contributed by atoms with van der Waals surface area (Å²) in [5.74, 6) is -0.212. The van der Waals surface area contributed by atoms with Crippen LogP contribution in [0.1, 0.15) is 12.0 Å². The summed E-state index contributed by atoms with van der Waals surface area (Å²) >= 11 is 0. The third-order valence-corrected chi connectivity index (χ3v) is 3.62. The van der Waals surface area contributed by atoms with E-state index in [2.05, 4.69) is 0 Å². The number of carbonyl (C=O) groups excluding carboxylic acids is 1. The van der Waals surface area contributed by atoms with Crippen molar-refractivity contribution in [3.8, 4) is 0 Å². The minimum Gasteiger partial charge on any atom is -0.371 e. The Morgan fingerprint density at radius 2 is 2.05 bits per heavy atom. The van der Waals surface area contributed by atoms with Crippen molar-refractivity contribution in [2.45, 2.75) is 18.1 Å². The molecule has 2 rings (SSSR count). The molecule has 0 saturated carbocycles. The predicted octanol–water partition coefficient (Wildman–Crippen LogP) is 1.04. The maximum absolute atomic E-state index is 11.9. The lowest BCUT2D eigenvalue weighted by Gasteiger charge is -2.38. The summed E-state index contributed by atoms with van der Waals surface area (Å²) in [5, 5.41) is 11.6.